The van der Waals surface area contributed by atoms with Gasteiger partial charge in [-0.3, -0.25) is 9.59 Å². The third kappa shape index (κ3) is 3.42. The number of aromatic amines is 1. The number of rotatable bonds is 5. The molecule has 1 aromatic carbocycles. The minimum absolute atomic E-state index is 0.139. The second kappa shape index (κ2) is 7.11. The molecule has 6 heteroatoms. The van der Waals surface area contributed by atoms with Crippen molar-refractivity contribution in [2.24, 2.45) is 0 Å². The Labute approximate surface area is 150 Å². The molecule has 0 spiro atoms. The third-order valence-corrected chi connectivity index (χ3v) is 3.94. The summed E-state index contributed by atoms with van der Waals surface area (Å²) in [6.45, 7) is 3.58. The lowest BCUT2D eigenvalue weighted by Gasteiger charge is -2.09. The number of H-pyrrole nitrogens is 1. The van der Waals surface area contributed by atoms with Crippen LogP contribution in [0.1, 0.15) is 49.4 Å². The van der Waals surface area contributed by atoms with E-state index in [0.717, 1.165) is 0 Å². The van der Waals surface area contributed by atoms with Gasteiger partial charge in [0.05, 0.1) is 6.07 Å². The zero-order valence-corrected chi connectivity index (χ0v) is 14.4. The molecule has 2 aromatic heterocycles. The smallest absolute Gasteiger partial charge is 0.194 e. The molecule has 1 unspecified atom stereocenters. The average Bonchev–Trinajstić information content (AvgIpc) is 3.15. The van der Waals surface area contributed by atoms with Gasteiger partial charge in [-0.2, -0.15) is 5.26 Å². The molecule has 0 radical (unpaired) electrons. The lowest BCUT2D eigenvalue weighted by Crippen LogP contribution is -2.15. The number of aryl methyl sites for hydroxylation is 2. The zero-order chi connectivity index (χ0) is 18.7. The van der Waals surface area contributed by atoms with Crippen LogP contribution in [0.15, 0.2) is 48.8 Å². The number of benzene rings is 1. The van der Waals surface area contributed by atoms with Crippen LogP contribution in [0.5, 0.6) is 0 Å². The molecule has 0 bridgehead atoms. The van der Waals surface area contributed by atoms with E-state index in [4.69, 9.17) is 0 Å². The summed E-state index contributed by atoms with van der Waals surface area (Å²) in [5, 5.41) is 9.45. The number of carbonyl (C=O) groups is 2. The molecule has 0 aliphatic heterocycles. The van der Waals surface area contributed by atoms with Crippen molar-refractivity contribution in [1.29, 1.82) is 5.26 Å². The average molecular weight is 344 g/mol. The number of nitrogens with one attached hydrogen (secondary N) is 1. The van der Waals surface area contributed by atoms with E-state index in [2.05, 4.69) is 15.0 Å². The highest BCUT2D eigenvalue weighted by Crippen LogP contribution is 2.19. The summed E-state index contributed by atoms with van der Waals surface area (Å²) in [6.07, 6.45) is 3.29. The van der Waals surface area contributed by atoms with Gasteiger partial charge in [0.15, 0.2) is 23.3 Å². The van der Waals surface area contributed by atoms with Gasteiger partial charge in [-0.25, -0.2) is 9.97 Å². The fraction of sp³-hybridized carbons (Fsp3) is 0.150. The highest BCUT2D eigenvalue weighted by molar-refractivity contribution is 6.09. The Balaban J connectivity index is 1.87. The maximum atomic E-state index is 12.7. The highest BCUT2D eigenvalue weighted by atomic mass is 16.1. The second-order valence-corrected chi connectivity index (χ2v) is 5.94. The van der Waals surface area contributed by atoms with Gasteiger partial charge in [0, 0.05) is 40.5 Å². The lowest BCUT2D eigenvalue weighted by molar-refractivity contribution is 0.0974. The van der Waals surface area contributed by atoms with E-state index in [1.165, 1.54) is 0 Å². The number of nitriles is 1. The van der Waals surface area contributed by atoms with E-state index >= 15 is 0 Å². The molecule has 2 heterocycles. The molecule has 1 atom stereocenters. The standard InChI is InChI=1S/C20H16N4O2/c1-12-9-13(2)24-20(23-12)17(10-21)19(26)15-5-3-14(4-6-15)18(25)16-7-8-22-11-16/h3-9,11,17,22H,1-2H3. The molecule has 0 aliphatic rings. The molecule has 3 rings (SSSR count). The predicted octanol–water partition coefficient (Wildman–Crippen LogP) is 3.14. The van der Waals surface area contributed by atoms with E-state index in [-0.39, 0.29) is 11.6 Å². The van der Waals surface area contributed by atoms with Crippen molar-refractivity contribution in [3.63, 3.8) is 0 Å². The molecule has 0 amide bonds. The van der Waals surface area contributed by atoms with Crippen LogP contribution in [-0.2, 0) is 0 Å². The lowest BCUT2D eigenvalue weighted by atomic mass is 9.96. The molecule has 3 aromatic rings. The van der Waals surface area contributed by atoms with Gasteiger partial charge in [-0.15, -0.1) is 0 Å². The number of nitrogens with zero attached hydrogens (tertiary/aromatic N) is 3. The monoisotopic (exact) mass is 344 g/mol. The highest BCUT2D eigenvalue weighted by Gasteiger charge is 2.25. The van der Waals surface area contributed by atoms with Crippen molar-refractivity contribution in [1.82, 2.24) is 15.0 Å². The van der Waals surface area contributed by atoms with Crippen LogP contribution in [0.25, 0.3) is 0 Å². The second-order valence-electron chi connectivity index (χ2n) is 5.94. The van der Waals surface area contributed by atoms with Crippen LogP contribution in [0.4, 0.5) is 0 Å². The van der Waals surface area contributed by atoms with E-state index in [9.17, 15) is 14.9 Å². The first-order chi connectivity index (χ1) is 12.5. The number of hydrogen-bond acceptors (Lipinski definition) is 5. The largest absolute Gasteiger partial charge is 0.367 e. The van der Waals surface area contributed by atoms with Crippen LogP contribution in [0.3, 0.4) is 0 Å². The van der Waals surface area contributed by atoms with Crippen LogP contribution in [-0.4, -0.2) is 26.5 Å². The SMILES string of the molecule is Cc1cc(C)nc(C(C#N)C(=O)c2ccc(C(=O)c3cc[nH]c3)cc2)n1. The Hall–Kier alpha value is -3.59. The Bertz CT molecular complexity index is 979. The van der Waals surface area contributed by atoms with Crippen LogP contribution >= 0.6 is 0 Å². The summed E-state index contributed by atoms with van der Waals surface area (Å²) in [5.41, 5.74) is 2.76. The molecule has 6 nitrogen and oxygen atoms in total. The summed E-state index contributed by atoms with van der Waals surface area (Å²) in [5.74, 6) is -1.42. The number of ketones is 2. The van der Waals surface area contributed by atoms with Crippen LogP contribution in [0.2, 0.25) is 0 Å². The first-order valence-corrected chi connectivity index (χ1v) is 8.03. The van der Waals surface area contributed by atoms with Crippen molar-refractivity contribution in [3.05, 3.63) is 82.7 Å². The van der Waals surface area contributed by atoms with Gasteiger partial charge in [0.25, 0.3) is 0 Å². The molecular formula is C20H16N4O2. The molecule has 0 saturated carbocycles. The van der Waals surface area contributed by atoms with E-state index < -0.39 is 11.7 Å². The van der Waals surface area contributed by atoms with Gasteiger partial charge >= 0.3 is 0 Å². The van der Waals surface area contributed by atoms with Crippen LogP contribution in [0, 0.1) is 25.2 Å². The summed E-state index contributed by atoms with van der Waals surface area (Å²) in [7, 11) is 0. The Morgan fingerprint density at radius 1 is 1.00 bits per heavy atom. The van der Waals surface area contributed by atoms with Crippen molar-refractivity contribution < 1.29 is 9.59 Å². The maximum Gasteiger partial charge on any atom is 0.194 e. The summed E-state index contributed by atoms with van der Waals surface area (Å²) >= 11 is 0. The molecule has 128 valence electrons. The number of aromatic nitrogens is 3. The Morgan fingerprint density at radius 3 is 2.15 bits per heavy atom. The normalized spacial score (nSPS) is 11.6. The van der Waals surface area contributed by atoms with Gasteiger partial charge in [0.1, 0.15) is 0 Å². The molecule has 0 fully saturated rings. The van der Waals surface area contributed by atoms with Gasteiger partial charge < -0.3 is 4.98 Å². The van der Waals surface area contributed by atoms with Crippen molar-refractivity contribution >= 4 is 11.6 Å². The number of carbonyl (C=O) groups excluding carboxylic acids is 2. The minimum atomic E-state index is -1.08. The molecule has 1 N–H and O–H groups in total. The Kier molecular flexibility index (Phi) is 4.72. The molecule has 0 saturated heterocycles. The van der Waals surface area contributed by atoms with E-state index in [1.807, 2.05) is 6.07 Å². The van der Waals surface area contributed by atoms with Crippen LogP contribution < -0.4 is 0 Å². The number of hydrogen-bond donors (Lipinski definition) is 1. The fourth-order valence-electron chi connectivity index (χ4n) is 2.70. The minimum Gasteiger partial charge on any atom is -0.367 e. The fourth-order valence-corrected chi connectivity index (χ4v) is 2.70. The van der Waals surface area contributed by atoms with Crippen molar-refractivity contribution in [3.8, 4) is 6.07 Å². The van der Waals surface area contributed by atoms with Gasteiger partial charge in [-0.1, -0.05) is 24.3 Å². The molecule has 0 aliphatic carbocycles. The maximum absolute atomic E-state index is 12.7. The third-order valence-electron chi connectivity index (χ3n) is 3.94. The first kappa shape index (κ1) is 17.2. The summed E-state index contributed by atoms with van der Waals surface area (Å²) in [4.78, 5) is 36.3. The number of Topliss-reactive ketones (excluding diaryl/α,β-unsaturated/α-hetero) is 1. The predicted molar refractivity (Wildman–Crippen MR) is 94.9 cm³/mol. The van der Waals surface area contributed by atoms with E-state index in [1.54, 1.807) is 62.6 Å². The van der Waals surface area contributed by atoms with Crippen molar-refractivity contribution in [2.75, 3.05) is 0 Å². The first-order valence-electron chi connectivity index (χ1n) is 8.03. The Morgan fingerprint density at radius 2 is 1.62 bits per heavy atom. The zero-order valence-electron chi connectivity index (χ0n) is 14.4. The summed E-state index contributed by atoms with van der Waals surface area (Å²) < 4.78 is 0. The molecule has 26 heavy (non-hydrogen) atoms. The molecular weight excluding hydrogens is 328 g/mol. The quantitative estimate of drug-likeness (QED) is 0.717. The topological polar surface area (TPSA) is 99.5 Å². The van der Waals surface area contributed by atoms with Crippen molar-refractivity contribution in [2.45, 2.75) is 19.8 Å². The van der Waals surface area contributed by atoms with E-state index in [0.29, 0.717) is 28.1 Å². The van der Waals surface area contributed by atoms with Gasteiger partial charge in [0.2, 0.25) is 0 Å². The van der Waals surface area contributed by atoms with Gasteiger partial charge in [-0.05, 0) is 26.0 Å². The summed E-state index contributed by atoms with van der Waals surface area (Å²) in [6, 6.07) is 11.7.